The van der Waals surface area contributed by atoms with Gasteiger partial charge >= 0.3 is 0 Å². The van der Waals surface area contributed by atoms with Gasteiger partial charge in [0.1, 0.15) is 11.2 Å². The second-order valence-electron chi connectivity index (χ2n) is 5.03. The number of hydrogen-bond donors (Lipinski definition) is 0. The van der Waals surface area contributed by atoms with Gasteiger partial charge in [-0.05, 0) is 29.5 Å². The van der Waals surface area contributed by atoms with Gasteiger partial charge in [0.25, 0.3) is 0 Å². The van der Waals surface area contributed by atoms with Crippen molar-refractivity contribution in [2.45, 2.75) is 13.3 Å². The zero-order chi connectivity index (χ0) is 13.7. The van der Waals surface area contributed by atoms with Gasteiger partial charge in [0.05, 0.1) is 0 Å². The van der Waals surface area contributed by atoms with E-state index in [9.17, 15) is 0 Å². The lowest BCUT2D eigenvalue weighted by molar-refractivity contribution is 0.672. The summed E-state index contributed by atoms with van der Waals surface area (Å²) in [6.45, 7) is 2.18. The molecule has 0 atom stereocenters. The highest BCUT2D eigenvalue weighted by Crippen LogP contribution is 2.39. The van der Waals surface area contributed by atoms with E-state index in [4.69, 9.17) is 4.42 Å². The van der Waals surface area contributed by atoms with Crippen molar-refractivity contribution < 1.29 is 4.42 Å². The lowest BCUT2D eigenvalue weighted by Gasteiger charge is -2.02. The Hall–Kier alpha value is -1.80. The van der Waals surface area contributed by atoms with Crippen LogP contribution >= 0.6 is 15.9 Å². The molecule has 0 bridgehead atoms. The Morgan fingerprint density at radius 1 is 0.950 bits per heavy atom. The number of aryl methyl sites for hydroxylation is 1. The Labute approximate surface area is 125 Å². The van der Waals surface area contributed by atoms with Gasteiger partial charge in [-0.15, -0.1) is 0 Å². The molecule has 0 saturated carbocycles. The fourth-order valence-corrected chi connectivity index (χ4v) is 3.55. The van der Waals surface area contributed by atoms with Crippen LogP contribution in [0, 0.1) is 0 Å². The number of furan rings is 1. The molecule has 0 saturated heterocycles. The zero-order valence-electron chi connectivity index (χ0n) is 11.1. The highest BCUT2D eigenvalue weighted by Gasteiger charge is 2.14. The molecule has 3 aromatic carbocycles. The minimum absolute atomic E-state index is 0.975. The Morgan fingerprint density at radius 2 is 1.75 bits per heavy atom. The molecule has 0 spiro atoms. The number of hydrogen-bond acceptors (Lipinski definition) is 1. The molecule has 0 aliphatic rings. The molecule has 1 aromatic heterocycles. The highest BCUT2D eigenvalue weighted by atomic mass is 79.9. The average molecular weight is 325 g/mol. The molecular formula is C18H13BrO. The Kier molecular flexibility index (Phi) is 2.61. The van der Waals surface area contributed by atoms with Crippen molar-refractivity contribution in [3.05, 3.63) is 58.6 Å². The standard InChI is InChI=1S/C18H13BrO/c1-2-11-6-5-9-16-17(11)14-10-15(19)12-7-3-4-8-13(12)18(14)20-16/h3-10H,2H2,1H3. The number of rotatable bonds is 1. The van der Waals surface area contributed by atoms with Crippen molar-refractivity contribution >= 4 is 48.6 Å². The van der Waals surface area contributed by atoms with Crippen LogP contribution < -0.4 is 0 Å². The Balaban J connectivity index is 2.32. The van der Waals surface area contributed by atoms with E-state index in [1.807, 2.05) is 0 Å². The predicted molar refractivity (Wildman–Crippen MR) is 88.3 cm³/mol. The first-order valence-electron chi connectivity index (χ1n) is 6.81. The molecule has 0 N–H and O–H groups in total. The molecule has 0 aliphatic carbocycles. The molecule has 1 nitrogen and oxygen atoms in total. The van der Waals surface area contributed by atoms with Crippen molar-refractivity contribution in [2.75, 3.05) is 0 Å². The number of benzene rings is 3. The van der Waals surface area contributed by atoms with Crippen LogP contribution in [0.1, 0.15) is 12.5 Å². The second kappa shape index (κ2) is 4.35. The van der Waals surface area contributed by atoms with Gasteiger partial charge in [0.15, 0.2) is 0 Å². The van der Waals surface area contributed by atoms with Crippen LogP contribution in [0.4, 0.5) is 0 Å². The summed E-state index contributed by atoms with van der Waals surface area (Å²) in [7, 11) is 0. The van der Waals surface area contributed by atoms with E-state index in [2.05, 4.69) is 71.4 Å². The van der Waals surface area contributed by atoms with Gasteiger partial charge in [-0.25, -0.2) is 0 Å². The van der Waals surface area contributed by atoms with Gasteiger partial charge in [-0.3, -0.25) is 0 Å². The van der Waals surface area contributed by atoms with Gasteiger partial charge in [-0.2, -0.15) is 0 Å². The van der Waals surface area contributed by atoms with E-state index < -0.39 is 0 Å². The number of halogens is 1. The maximum absolute atomic E-state index is 6.14. The zero-order valence-corrected chi connectivity index (χ0v) is 12.7. The molecule has 4 rings (SSSR count). The van der Waals surface area contributed by atoms with Gasteiger partial charge < -0.3 is 4.42 Å². The highest BCUT2D eigenvalue weighted by molar-refractivity contribution is 9.10. The van der Waals surface area contributed by atoms with E-state index in [-0.39, 0.29) is 0 Å². The van der Waals surface area contributed by atoms with E-state index in [0.717, 1.165) is 27.4 Å². The molecule has 0 radical (unpaired) electrons. The minimum atomic E-state index is 0.975. The molecular weight excluding hydrogens is 312 g/mol. The molecule has 2 heteroatoms. The minimum Gasteiger partial charge on any atom is -0.455 e. The third-order valence-corrected chi connectivity index (χ3v) is 4.58. The number of fused-ring (bicyclic) bond motifs is 5. The fourth-order valence-electron chi connectivity index (χ4n) is 2.97. The summed E-state index contributed by atoms with van der Waals surface area (Å²) in [5, 5.41) is 4.80. The van der Waals surface area contributed by atoms with Crippen LogP contribution in [-0.4, -0.2) is 0 Å². The molecule has 0 fully saturated rings. The van der Waals surface area contributed by atoms with Crippen LogP contribution in [0.3, 0.4) is 0 Å². The molecule has 1 heterocycles. The second-order valence-corrected chi connectivity index (χ2v) is 5.88. The van der Waals surface area contributed by atoms with Crippen molar-refractivity contribution in [1.29, 1.82) is 0 Å². The van der Waals surface area contributed by atoms with Gasteiger partial charge in [0, 0.05) is 20.6 Å². The third kappa shape index (κ3) is 1.55. The largest absolute Gasteiger partial charge is 0.455 e. The molecule has 0 unspecified atom stereocenters. The summed E-state index contributed by atoms with van der Waals surface area (Å²) in [5.41, 5.74) is 3.30. The summed E-state index contributed by atoms with van der Waals surface area (Å²) in [4.78, 5) is 0. The molecule has 0 amide bonds. The summed E-state index contributed by atoms with van der Waals surface area (Å²) in [6, 6.07) is 16.8. The normalized spacial score (nSPS) is 11.7. The third-order valence-electron chi connectivity index (χ3n) is 3.92. The van der Waals surface area contributed by atoms with Crippen molar-refractivity contribution in [3.63, 3.8) is 0 Å². The first-order valence-corrected chi connectivity index (χ1v) is 7.60. The molecule has 0 aliphatic heterocycles. The van der Waals surface area contributed by atoms with E-state index in [1.165, 1.54) is 21.7 Å². The first-order chi connectivity index (χ1) is 9.79. The van der Waals surface area contributed by atoms with Gasteiger partial charge in [-0.1, -0.05) is 59.3 Å². The van der Waals surface area contributed by atoms with E-state index >= 15 is 0 Å². The summed E-state index contributed by atoms with van der Waals surface area (Å²) in [5.74, 6) is 0. The monoisotopic (exact) mass is 324 g/mol. The van der Waals surface area contributed by atoms with Crippen molar-refractivity contribution in [2.24, 2.45) is 0 Å². The van der Waals surface area contributed by atoms with Crippen LogP contribution in [0.15, 0.2) is 57.4 Å². The van der Waals surface area contributed by atoms with E-state index in [0.29, 0.717) is 0 Å². The average Bonchev–Trinajstić information content (AvgIpc) is 2.86. The summed E-state index contributed by atoms with van der Waals surface area (Å²) < 4.78 is 7.26. The van der Waals surface area contributed by atoms with Crippen molar-refractivity contribution in [1.82, 2.24) is 0 Å². The maximum atomic E-state index is 6.14. The lowest BCUT2D eigenvalue weighted by atomic mass is 10.0. The fraction of sp³-hybridized carbons (Fsp3) is 0.111. The smallest absolute Gasteiger partial charge is 0.143 e. The first kappa shape index (κ1) is 12.0. The van der Waals surface area contributed by atoms with Crippen LogP contribution in [0.2, 0.25) is 0 Å². The van der Waals surface area contributed by atoms with Crippen molar-refractivity contribution in [3.8, 4) is 0 Å². The van der Waals surface area contributed by atoms with Crippen LogP contribution in [0.5, 0.6) is 0 Å². The Morgan fingerprint density at radius 3 is 2.55 bits per heavy atom. The quantitative estimate of drug-likeness (QED) is 0.414. The molecule has 4 aromatic rings. The predicted octanol–water partition coefficient (Wildman–Crippen LogP) is 6.06. The molecule has 98 valence electrons. The topological polar surface area (TPSA) is 13.1 Å². The van der Waals surface area contributed by atoms with Crippen LogP contribution in [-0.2, 0) is 6.42 Å². The lowest BCUT2D eigenvalue weighted by Crippen LogP contribution is -1.81. The van der Waals surface area contributed by atoms with Crippen LogP contribution in [0.25, 0.3) is 32.7 Å². The summed E-state index contributed by atoms with van der Waals surface area (Å²) >= 11 is 3.69. The maximum Gasteiger partial charge on any atom is 0.143 e. The Bertz CT molecular complexity index is 950. The van der Waals surface area contributed by atoms with E-state index in [1.54, 1.807) is 0 Å². The van der Waals surface area contributed by atoms with Gasteiger partial charge in [0.2, 0.25) is 0 Å². The SMILES string of the molecule is CCc1cccc2oc3c4ccccc4c(Br)cc3c12. The summed E-state index contributed by atoms with van der Waals surface area (Å²) in [6.07, 6.45) is 1.01. The molecule has 20 heavy (non-hydrogen) atoms.